The summed E-state index contributed by atoms with van der Waals surface area (Å²) in [6.07, 6.45) is 0. The fourth-order valence-corrected chi connectivity index (χ4v) is 4.58. The molecule has 0 radical (unpaired) electrons. The zero-order valence-electron chi connectivity index (χ0n) is 15.5. The molecule has 0 fully saturated rings. The minimum absolute atomic E-state index is 0.00529. The van der Waals surface area contributed by atoms with Crippen LogP contribution in [0.3, 0.4) is 0 Å². The molecule has 0 saturated heterocycles. The highest BCUT2D eigenvalue weighted by Gasteiger charge is 2.23. The van der Waals surface area contributed by atoms with Gasteiger partial charge in [0.05, 0.1) is 19.2 Å². The summed E-state index contributed by atoms with van der Waals surface area (Å²) < 4.78 is 39.2. The quantitative estimate of drug-likeness (QED) is 0.660. The summed E-state index contributed by atoms with van der Waals surface area (Å²) in [7, 11) is -2.50. The molecule has 0 aliphatic rings. The number of nitrogens with one attached hydrogen (secondary N) is 1. The van der Waals surface area contributed by atoms with E-state index >= 15 is 0 Å². The van der Waals surface area contributed by atoms with Crippen molar-refractivity contribution >= 4 is 27.3 Å². The Bertz CT molecular complexity index is 976. The van der Waals surface area contributed by atoms with E-state index in [2.05, 4.69) is 4.72 Å². The van der Waals surface area contributed by atoms with Gasteiger partial charge in [0.15, 0.2) is 0 Å². The van der Waals surface area contributed by atoms with Crippen LogP contribution in [0.15, 0.2) is 33.3 Å². The van der Waals surface area contributed by atoms with Crippen molar-refractivity contribution in [2.45, 2.75) is 38.3 Å². The maximum absolute atomic E-state index is 12.5. The summed E-state index contributed by atoms with van der Waals surface area (Å²) >= 11 is 1.08. The molecule has 8 nitrogen and oxygen atoms in total. The number of ether oxygens (including phenoxy) is 2. The van der Waals surface area contributed by atoms with Crippen LogP contribution in [-0.4, -0.2) is 38.7 Å². The van der Waals surface area contributed by atoms with E-state index in [0.717, 1.165) is 17.0 Å². The first-order valence-corrected chi connectivity index (χ1v) is 10.5. The third-order valence-electron chi connectivity index (χ3n) is 3.60. The van der Waals surface area contributed by atoms with E-state index in [0.29, 0.717) is 0 Å². The van der Waals surface area contributed by atoms with Gasteiger partial charge < -0.3 is 9.47 Å². The number of aryl methyl sites for hydroxylation is 1. The summed E-state index contributed by atoms with van der Waals surface area (Å²) in [5.74, 6) is -0.556. The van der Waals surface area contributed by atoms with E-state index in [4.69, 9.17) is 9.47 Å². The lowest BCUT2D eigenvalue weighted by Gasteiger charge is -2.14. The highest BCUT2D eigenvalue weighted by Crippen LogP contribution is 2.25. The number of thiazole rings is 1. The third-order valence-corrected chi connectivity index (χ3v) is 6.16. The molecule has 148 valence electrons. The molecule has 0 unspecified atom stereocenters. The van der Waals surface area contributed by atoms with Crippen LogP contribution < -0.4 is 14.3 Å². The Morgan fingerprint density at radius 3 is 2.59 bits per heavy atom. The Hall–Kier alpha value is -2.17. The number of aromatic nitrogens is 1. The molecule has 0 saturated carbocycles. The van der Waals surface area contributed by atoms with Crippen molar-refractivity contribution in [1.29, 1.82) is 0 Å². The molecule has 10 heteroatoms. The van der Waals surface area contributed by atoms with E-state index < -0.39 is 16.0 Å². The Morgan fingerprint density at radius 2 is 2.04 bits per heavy atom. The molecule has 0 spiro atoms. The van der Waals surface area contributed by atoms with Gasteiger partial charge in [0.2, 0.25) is 10.0 Å². The Kier molecular flexibility index (Phi) is 6.79. The smallest absolute Gasteiger partial charge is 0.338 e. The Morgan fingerprint density at radius 1 is 1.33 bits per heavy atom. The number of esters is 1. The number of rotatable bonds is 8. The number of hydrogen-bond acceptors (Lipinski definition) is 7. The molecular formula is C17H22N2O6S2. The van der Waals surface area contributed by atoms with Crippen molar-refractivity contribution in [3.8, 4) is 5.75 Å². The lowest BCUT2D eigenvalue weighted by Crippen LogP contribution is -2.30. The summed E-state index contributed by atoms with van der Waals surface area (Å²) in [5.41, 5.74) is 0.868. The number of methoxy groups -OCH3 is 1. The molecule has 1 aromatic carbocycles. The van der Waals surface area contributed by atoms with Crippen molar-refractivity contribution in [2.75, 3.05) is 13.7 Å². The number of sulfonamides is 1. The molecule has 0 aliphatic carbocycles. The zero-order chi connectivity index (χ0) is 20.2. The van der Waals surface area contributed by atoms with Crippen LogP contribution in [0.2, 0.25) is 0 Å². The Balaban J connectivity index is 2.17. The van der Waals surface area contributed by atoms with Gasteiger partial charge in [-0.05, 0) is 39.0 Å². The third kappa shape index (κ3) is 5.18. The number of hydrogen-bond donors (Lipinski definition) is 1. The van der Waals surface area contributed by atoms with Gasteiger partial charge >= 0.3 is 10.8 Å². The fraction of sp³-hybridized carbons (Fsp3) is 0.412. The van der Waals surface area contributed by atoms with Crippen molar-refractivity contribution in [3.63, 3.8) is 0 Å². The summed E-state index contributed by atoms with van der Waals surface area (Å²) in [5, 5.41) is 1.73. The SMILES string of the molecule is COc1ccc(C(=O)OCCn2c(C)csc2=O)cc1S(=O)(=O)NC(C)C. The lowest BCUT2D eigenvalue weighted by molar-refractivity contribution is 0.0489. The van der Waals surface area contributed by atoms with Crippen molar-refractivity contribution < 1.29 is 22.7 Å². The first kappa shape index (κ1) is 21.1. The molecule has 1 heterocycles. The standard InChI is InChI=1S/C17H22N2O6S2/c1-11(2)18-27(22,23)15-9-13(5-6-14(15)24-4)16(20)25-8-7-19-12(3)10-26-17(19)21/h5-6,9-11,18H,7-8H2,1-4H3. The largest absolute Gasteiger partial charge is 0.495 e. The minimum Gasteiger partial charge on any atom is -0.495 e. The second-order valence-corrected chi connectivity index (χ2v) is 8.58. The van der Waals surface area contributed by atoms with Gasteiger partial charge in [0.25, 0.3) is 0 Å². The van der Waals surface area contributed by atoms with E-state index in [-0.39, 0.29) is 40.3 Å². The molecule has 0 aliphatic heterocycles. The maximum Gasteiger partial charge on any atom is 0.338 e. The number of benzene rings is 1. The number of carbonyl (C=O) groups excluding carboxylic acids is 1. The van der Waals surface area contributed by atoms with Crippen LogP contribution in [0.25, 0.3) is 0 Å². The second-order valence-electron chi connectivity index (χ2n) is 6.07. The molecule has 0 bridgehead atoms. The molecule has 0 amide bonds. The highest BCUT2D eigenvalue weighted by atomic mass is 32.2. The van der Waals surface area contributed by atoms with Gasteiger partial charge in [0.1, 0.15) is 17.3 Å². The number of nitrogens with zero attached hydrogens (tertiary/aromatic N) is 1. The predicted octanol–water partition coefficient (Wildman–Crippen LogP) is 1.77. The van der Waals surface area contributed by atoms with Gasteiger partial charge in [-0.25, -0.2) is 17.9 Å². The summed E-state index contributed by atoms with van der Waals surface area (Å²) in [4.78, 5) is 23.7. The lowest BCUT2D eigenvalue weighted by atomic mass is 10.2. The van der Waals surface area contributed by atoms with Gasteiger partial charge in [-0.2, -0.15) is 0 Å². The Labute approximate surface area is 161 Å². The average molecular weight is 415 g/mol. The molecule has 2 rings (SSSR count). The fourth-order valence-electron chi connectivity index (χ4n) is 2.37. The topological polar surface area (TPSA) is 104 Å². The normalized spacial score (nSPS) is 11.6. The van der Waals surface area contributed by atoms with Crippen LogP contribution in [-0.2, 0) is 21.3 Å². The first-order chi connectivity index (χ1) is 12.7. The van der Waals surface area contributed by atoms with Crippen LogP contribution in [0, 0.1) is 6.92 Å². The van der Waals surface area contributed by atoms with E-state index in [1.165, 1.54) is 29.9 Å². The van der Waals surface area contributed by atoms with Crippen molar-refractivity contribution in [2.24, 2.45) is 0 Å². The molecule has 0 atom stereocenters. The van der Waals surface area contributed by atoms with E-state index in [1.54, 1.807) is 26.2 Å². The van der Waals surface area contributed by atoms with Crippen molar-refractivity contribution in [3.05, 3.63) is 44.5 Å². The molecule has 27 heavy (non-hydrogen) atoms. The summed E-state index contributed by atoms with van der Waals surface area (Å²) in [6, 6.07) is 3.73. The monoisotopic (exact) mass is 414 g/mol. The van der Waals surface area contributed by atoms with E-state index in [9.17, 15) is 18.0 Å². The van der Waals surface area contributed by atoms with Gasteiger partial charge in [-0.3, -0.25) is 9.36 Å². The molecule has 2 aromatic rings. The van der Waals surface area contributed by atoms with E-state index in [1.807, 2.05) is 0 Å². The van der Waals surface area contributed by atoms with Gasteiger partial charge in [-0.1, -0.05) is 11.3 Å². The molecule has 1 N–H and O–H groups in total. The first-order valence-electron chi connectivity index (χ1n) is 8.18. The average Bonchev–Trinajstić information content (AvgIpc) is 2.91. The number of carbonyl (C=O) groups is 1. The second kappa shape index (κ2) is 8.68. The zero-order valence-corrected chi connectivity index (χ0v) is 17.1. The van der Waals surface area contributed by atoms with Gasteiger partial charge in [-0.15, -0.1) is 0 Å². The van der Waals surface area contributed by atoms with Crippen LogP contribution >= 0.6 is 11.3 Å². The minimum atomic E-state index is -3.85. The van der Waals surface area contributed by atoms with Gasteiger partial charge in [0, 0.05) is 17.1 Å². The van der Waals surface area contributed by atoms with Crippen LogP contribution in [0.5, 0.6) is 5.75 Å². The highest BCUT2D eigenvalue weighted by molar-refractivity contribution is 7.89. The molecule has 1 aromatic heterocycles. The van der Waals surface area contributed by atoms with Crippen LogP contribution in [0.1, 0.15) is 29.9 Å². The predicted molar refractivity (Wildman–Crippen MR) is 102 cm³/mol. The van der Waals surface area contributed by atoms with Crippen LogP contribution in [0.4, 0.5) is 0 Å². The molecular weight excluding hydrogens is 392 g/mol. The summed E-state index contributed by atoms with van der Waals surface area (Å²) in [6.45, 7) is 5.40. The van der Waals surface area contributed by atoms with Crippen molar-refractivity contribution in [1.82, 2.24) is 9.29 Å². The maximum atomic E-state index is 12.5.